The zero-order valence-electron chi connectivity index (χ0n) is 16.2. The lowest BCUT2D eigenvalue weighted by atomic mass is 10.0. The molecule has 0 saturated heterocycles. The Hall–Kier alpha value is -2.82. The molecule has 1 unspecified atom stereocenters. The molecule has 2 aromatic heterocycles. The number of fused-ring (bicyclic) bond motifs is 1. The highest BCUT2D eigenvalue weighted by molar-refractivity contribution is 5.70. The standard InChI is InChI=1S/C18H22F3N5O3/c1-4-7-25-10-23-14-13(25)15(27)26(16(28)24(14)3)9-11-5-6-12(22-8-11)17(2,29)18(19,20)21/h5-6,8,23,29H,4,7,9-10H2,1-3H3. The molecule has 1 atom stereocenters. The van der Waals surface area contributed by atoms with E-state index < -0.39 is 28.7 Å². The zero-order chi connectivity index (χ0) is 21.6. The number of hydrogen-bond donors (Lipinski definition) is 2. The number of halogens is 3. The number of nitrogens with zero attached hydrogens (tertiary/aromatic N) is 4. The molecule has 29 heavy (non-hydrogen) atoms. The fraction of sp³-hybridized carbons (Fsp3) is 0.500. The molecule has 11 heteroatoms. The third kappa shape index (κ3) is 3.50. The summed E-state index contributed by atoms with van der Waals surface area (Å²) in [7, 11) is 1.54. The van der Waals surface area contributed by atoms with Crippen LogP contribution in [0.1, 0.15) is 31.5 Å². The Morgan fingerprint density at radius 2 is 1.97 bits per heavy atom. The van der Waals surface area contributed by atoms with E-state index >= 15 is 0 Å². The first kappa shape index (κ1) is 20.9. The molecule has 2 aromatic rings. The Morgan fingerprint density at radius 3 is 2.52 bits per heavy atom. The molecule has 0 spiro atoms. The van der Waals surface area contributed by atoms with E-state index in [-0.39, 0.29) is 6.54 Å². The van der Waals surface area contributed by atoms with Crippen molar-refractivity contribution in [3.05, 3.63) is 50.4 Å². The lowest BCUT2D eigenvalue weighted by Crippen LogP contribution is -2.41. The van der Waals surface area contributed by atoms with Crippen molar-refractivity contribution in [3.63, 3.8) is 0 Å². The molecule has 8 nitrogen and oxygen atoms in total. The lowest BCUT2D eigenvalue weighted by molar-refractivity contribution is -0.260. The molecule has 158 valence electrons. The summed E-state index contributed by atoms with van der Waals surface area (Å²) in [4.78, 5) is 31.1. The van der Waals surface area contributed by atoms with E-state index in [1.807, 2.05) is 11.8 Å². The van der Waals surface area contributed by atoms with Crippen LogP contribution in [0.4, 0.5) is 24.7 Å². The summed E-state index contributed by atoms with van der Waals surface area (Å²) in [6.07, 6.45) is -2.95. The average molecular weight is 413 g/mol. The van der Waals surface area contributed by atoms with Crippen molar-refractivity contribution in [1.29, 1.82) is 0 Å². The van der Waals surface area contributed by atoms with Crippen molar-refractivity contribution in [2.45, 2.75) is 38.6 Å². The van der Waals surface area contributed by atoms with Gasteiger partial charge in [-0.1, -0.05) is 13.0 Å². The van der Waals surface area contributed by atoms with Crippen LogP contribution < -0.4 is 21.5 Å². The van der Waals surface area contributed by atoms with Crippen molar-refractivity contribution in [3.8, 4) is 0 Å². The minimum atomic E-state index is -4.88. The monoisotopic (exact) mass is 413 g/mol. The van der Waals surface area contributed by atoms with Gasteiger partial charge in [0.2, 0.25) is 0 Å². The Labute approximate surface area is 164 Å². The molecule has 2 N–H and O–H groups in total. The molecule has 0 fully saturated rings. The van der Waals surface area contributed by atoms with E-state index in [1.54, 1.807) is 7.05 Å². The Kier molecular flexibility index (Phi) is 5.20. The second-order valence-corrected chi connectivity index (χ2v) is 7.15. The minimum Gasteiger partial charge on any atom is -0.375 e. The largest absolute Gasteiger partial charge is 0.422 e. The van der Waals surface area contributed by atoms with E-state index in [9.17, 15) is 27.9 Å². The van der Waals surface area contributed by atoms with Crippen molar-refractivity contribution in [2.24, 2.45) is 7.05 Å². The van der Waals surface area contributed by atoms with Crippen LogP contribution in [0.15, 0.2) is 27.9 Å². The Balaban J connectivity index is 1.98. The fourth-order valence-electron chi connectivity index (χ4n) is 3.22. The smallest absolute Gasteiger partial charge is 0.375 e. The molecule has 1 aliphatic heterocycles. The van der Waals surface area contributed by atoms with Gasteiger partial charge < -0.3 is 15.3 Å². The number of nitrogens with one attached hydrogen (secondary N) is 1. The highest BCUT2D eigenvalue weighted by Gasteiger charge is 2.52. The van der Waals surface area contributed by atoms with Crippen LogP contribution >= 0.6 is 0 Å². The van der Waals surface area contributed by atoms with E-state index in [0.29, 0.717) is 37.2 Å². The van der Waals surface area contributed by atoms with Crippen molar-refractivity contribution < 1.29 is 18.3 Å². The summed E-state index contributed by atoms with van der Waals surface area (Å²) >= 11 is 0. The van der Waals surface area contributed by atoms with E-state index in [1.165, 1.54) is 10.6 Å². The number of pyridine rings is 1. The summed E-state index contributed by atoms with van der Waals surface area (Å²) in [5.41, 5.74) is -3.95. The SMILES string of the molecule is CCCN1CNc2c1c(=O)n(Cc1ccc(C(C)(O)C(F)(F)F)nc1)c(=O)n2C. The number of anilines is 2. The second-order valence-electron chi connectivity index (χ2n) is 7.15. The van der Waals surface area contributed by atoms with E-state index in [4.69, 9.17) is 0 Å². The highest BCUT2D eigenvalue weighted by Crippen LogP contribution is 2.37. The molecule has 0 aliphatic carbocycles. The van der Waals surface area contributed by atoms with Crippen molar-refractivity contribution in [1.82, 2.24) is 14.1 Å². The lowest BCUT2D eigenvalue weighted by Gasteiger charge is -2.25. The molecule has 3 rings (SSSR count). The number of aromatic nitrogens is 3. The first-order chi connectivity index (χ1) is 13.5. The van der Waals surface area contributed by atoms with Crippen LogP contribution in [0.25, 0.3) is 0 Å². The molecule has 0 radical (unpaired) electrons. The van der Waals surface area contributed by atoms with Gasteiger partial charge in [0.25, 0.3) is 5.56 Å². The van der Waals surface area contributed by atoms with Gasteiger partial charge in [-0.2, -0.15) is 13.2 Å². The molecule has 1 aliphatic rings. The van der Waals surface area contributed by atoms with Crippen molar-refractivity contribution in [2.75, 3.05) is 23.4 Å². The zero-order valence-corrected chi connectivity index (χ0v) is 16.2. The van der Waals surface area contributed by atoms with Crippen molar-refractivity contribution >= 4 is 11.5 Å². The van der Waals surface area contributed by atoms with Crippen LogP contribution in [-0.4, -0.2) is 38.6 Å². The van der Waals surface area contributed by atoms with Gasteiger partial charge in [0.05, 0.1) is 18.9 Å². The van der Waals surface area contributed by atoms with E-state index in [2.05, 4.69) is 10.3 Å². The highest BCUT2D eigenvalue weighted by atomic mass is 19.4. The van der Waals surface area contributed by atoms with Gasteiger partial charge in [-0.15, -0.1) is 0 Å². The number of rotatable bonds is 5. The third-order valence-electron chi connectivity index (χ3n) is 4.99. The van der Waals surface area contributed by atoms with Crippen LogP contribution in [-0.2, 0) is 19.2 Å². The quantitative estimate of drug-likeness (QED) is 0.769. The molecular weight excluding hydrogens is 391 g/mol. The van der Waals surface area contributed by atoms with Gasteiger partial charge in [0, 0.05) is 19.8 Å². The van der Waals surface area contributed by atoms with Gasteiger partial charge in [-0.05, 0) is 25.0 Å². The van der Waals surface area contributed by atoms with Gasteiger partial charge >= 0.3 is 11.9 Å². The number of alkyl halides is 3. The first-order valence-corrected chi connectivity index (χ1v) is 9.06. The minimum absolute atomic E-state index is 0.153. The molecule has 3 heterocycles. The molecule has 0 bridgehead atoms. The first-order valence-electron chi connectivity index (χ1n) is 9.06. The summed E-state index contributed by atoms with van der Waals surface area (Å²) < 4.78 is 41.2. The third-order valence-corrected chi connectivity index (χ3v) is 4.99. The van der Waals surface area contributed by atoms with Gasteiger partial charge in [-0.25, -0.2) is 4.79 Å². The maximum Gasteiger partial charge on any atom is 0.422 e. The summed E-state index contributed by atoms with van der Waals surface area (Å²) in [5.74, 6) is 0.444. The van der Waals surface area contributed by atoms with Crippen LogP contribution in [0.2, 0.25) is 0 Å². The van der Waals surface area contributed by atoms with Crippen LogP contribution in [0.3, 0.4) is 0 Å². The predicted molar refractivity (Wildman–Crippen MR) is 101 cm³/mol. The van der Waals surface area contributed by atoms with E-state index in [0.717, 1.165) is 23.3 Å². The summed E-state index contributed by atoms with van der Waals surface area (Å²) in [5, 5.41) is 12.7. The fourth-order valence-corrected chi connectivity index (χ4v) is 3.22. The topological polar surface area (TPSA) is 92.4 Å². The molecular formula is C18H22F3N5O3. The second kappa shape index (κ2) is 7.21. The summed E-state index contributed by atoms with van der Waals surface area (Å²) in [6.45, 7) is 3.49. The number of hydrogen-bond acceptors (Lipinski definition) is 6. The Bertz CT molecular complexity index is 1030. The molecule has 0 saturated carbocycles. The molecule has 0 amide bonds. The average Bonchev–Trinajstić information content (AvgIpc) is 3.07. The number of aliphatic hydroxyl groups is 1. The van der Waals surface area contributed by atoms with Gasteiger partial charge in [-0.3, -0.25) is 18.9 Å². The maximum atomic E-state index is 13.0. The Morgan fingerprint density at radius 1 is 1.28 bits per heavy atom. The molecule has 0 aromatic carbocycles. The normalized spacial score (nSPS) is 15.8. The van der Waals surface area contributed by atoms with Gasteiger partial charge in [0.1, 0.15) is 11.5 Å². The maximum absolute atomic E-state index is 13.0. The van der Waals surface area contributed by atoms with Crippen LogP contribution in [0.5, 0.6) is 0 Å². The van der Waals surface area contributed by atoms with Crippen LogP contribution in [0, 0.1) is 0 Å². The van der Waals surface area contributed by atoms with Gasteiger partial charge in [0.15, 0.2) is 5.60 Å². The summed E-state index contributed by atoms with van der Waals surface area (Å²) in [6, 6.07) is 2.35. The predicted octanol–water partition coefficient (Wildman–Crippen LogP) is 1.36.